The molecule has 3 aromatic rings. The van der Waals surface area contributed by atoms with E-state index in [4.69, 9.17) is 5.73 Å². The Kier molecular flexibility index (Phi) is 5.41. The Morgan fingerprint density at radius 3 is 2.47 bits per heavy atom. The zero-order valence-electron chi connectivity index (χ0n) is 16.2. The summed E-state index contributed by atoms with van der Waals surface area (Å²) in [4.78, 5) is 29.6. The standard InChI is InChI=1S/C24H21N3O3/c25-20(12-15-6-9-19(28)10-7-15)24(30)27-22-14-18-13-17(8-11-21(18)26-22)23(29)16-4-2-1-3-5-16/h1-11,13,20,28H,12,14,25H2,(H,26,27,30)/t20-/m0/s1. The summed E-state index contributed by atoms with van der Waals surface area (Å²) in [6.45, 7) is 0. The number of hydrogen-bond donors (Lipinski definition) is 3. The molecule has 1 amide bonds. The number of fused-ring (bicyclic) bond motifs is 1. The van der Waals surface area contributed by atoms with Gasteiger partial charge in [0.05, 0.1) is 11.7 Å². The van der Waals surface area contributed by atoms with Gasteiger partial charge in [0, 0.05) is 17.5 Å². The molecule has 0 aliphatic carbocycles. The number of phenols is 1. The van der Waals surface area contributed by atoms with Crippen molar-refractivity contribution in [2.45, 2.75) is 18.9 Å². The van der Waals surface area contributed by atoms with Gasteiger partial charge in [0.2, 0.25) is 5.91 Å². The Balaban J connectivity index is 1.39. The van der Waals surface area contributed by atoms with E-state index in [1.54, 1.807) is 48.5 Å². The molecule has 3 aromatic carbocycles. The van der Waals surface area contributed by atoms with Gasteiger partial charge >= 0.3 is 0 Å². The number of nitrogens with zero attached hydrogens (tertiary/aromatic N) is 1. The predicted octanol–water partition coefficient (Wildman–Crippen LogP) is 2.90. The van der Waals surface area contributed by atoms with Crippen molar-refractivity contribution in [2.24, 2.45) is 10.7 Å². The lowest BCUT2D eigenvalue weighted by molar-refractivity contribution is -0.120. The molecule has 0 bridgehead atoms. The smallest absolute Gasteiger partial charge is 0.242 e. The lowest BCUT2D eigenvalue weighted by Gasteiger charge is -2.12. The second-order valence-electron chi connectivity index (χ2n) is 7.24. The first-order chi connectivity index (χ1) is 14.5. The van der Waals surface area contributed by atoms with E-state index >= 15 is 0 Å². The van der Waals surface area contributed by atoms with Crippen LogP contribution in [0.5, 0.6) is 5.75 Å². The van der Waals surface area contributed by atoms with Crippen LogP contribution in [-0.2, 0) is 17.6 Å². The van der Waals surface area contributed by atoms with Gasteiger partial charge in [-0.1, -0.05) is 42.5 Å². The summed E-state index contributed by atoms with van der Waals surface area (Å²) in [5.74, 6) is 0.308. The zero-order chi connectivity index (χ0) is 21.1. The number of aliphatic imine (C=N–C) groups is 1. The van der Waals surface area contributed by atoms with Crippen LogP contribution in [0.1, 0.15) is 27.0 Å². The summed E-state index contributed by atoms with van der Waals surface area (Å²) in [7, 11) is 0. The van der Waals surface area contributed by atoms with Gasteiger partial charge in [0.15, 0.2) is 5.78 Å². The van der Waals surface area contributed by atoms with E-state index in [1.165, 1.54) is 0 Å². The Labute approximate surface area is 174 Å². The van der Waals surface area contributed by atoms with Crippen LogP contribution in [0.4, 0.5) is 5.69 Å². The van der Waals surface area contributed by atoms with Crippen molar-refractivity contribution in [1.82, 2.24) is 5.32 Å². The molecule has 1 heterocycles. The first-order valence-electron chi connectivity index (χ1n) is 9.64. The van der Waals surface area contributed by atoms with Crippen LogP contribution in [0.15, 0.2) is 77.8 Å². The number of amidine groups is 1. The van der Waals surface area contributed by atoms with Crippen molar-refractivity contribution in [3.63, 3.8) is 0 Å². The minimum atomic E-state index is -0.740. The van der Waals surface area contributed by atoms with Crippen LogP contribution in [0.2, 0.25) is 0 Å². The molecule has 150 valence electrons. The molecular formula is C24H21N3O3. The SMILES string of the molecule is N[C@@H](Cc1ccc(O)cc1)C(=O)NC1=Nc2ccc(C(=O)c3ccccc3)cc2C1. The second kappa shape index (κ2) is 8.31. The third kappa shape index (κ3) is 4.29. The van der Waals surface area contributed by atoms with Gasteiger partial charge in [-0.15, -0.1) is 0 Å². The first kappa shape index (κ1) is 19.5. The highest BCUT2D eigenvalue weighted by molar-refractivity contribution is 6.10. The number of amides is 1. The van der Waals surface area contributed by atoms with E-state index in [0.717, 1.165) is 16.8 Å². The summed E-state index contributed by atoms with van der Waals surface area (Å²) < 4.78 is 0. The number of phenolic OH excluding ortho intramolecular Hbond substituents is 1. The topological polar surface area (TPSA) is 105 Å². The quantitative estimate of drug-likeness (QED) is 0.574. The molecule has 0 spiro atoms. The van der Waals surface area contributed by atoms with Crippen LogP contribution < -0.4 is 11.1 Å². The van der Waals surface area contributed by atoms with Gasteiger partial charge in [-0.05, 0) is 47.9 Å². The minimum Gasteiger partial charge on any atom is -0.508 e. The lowest BCUT2D eigenvalue weighted by atomic mass is 10.00. The number of carbonyl (C=O) groups excluding carboxylic acids is 2. The average Bonchev–Trinajstić information content (AvgIpc) is 3.16. The fourth-order valence-electron chi connectivity index (χ4n) is 3.38. The fraction of sp³-hybridized carbons (Fsp3) is 0.125. The number of nitrogens with two attached hydrogens (primary N) is 1. The fourth-order valence-corrected chi connectivity index (χ4v) is 3.38. The number of rotatable bonds is 5. The van der Waals surface area contributed by atoms with Crippen molar-refractivity contribution in [2.75, 3.05) is 0 Å². The maximum atomic E-state index is 12.7. The normalized spacial score (nSPS) is 13.3. The Hall–Kier alpha value is -3.77. The van der Waals surface area contributed by atoms with E-state index in [9.17, 15) is 14.7 Å². The molecule has 0 radical (unpaired) electrons. The monoisotopic (exact) mass is 399 g/mol. The van der Waals surface area contributed by atoms with Crippen molar-refractivity contribution < 1.29 is 14.7 Å². The van der Waals surface area contributed by atoms with Crippen molar-refractivity contribution >= 4 is 23.2 Å². The first-order valence-corrected chi connectivity index (χ1v) is 9.64. The molecule has 4 rings (SSSR count). The van der Waals surface area contributed by atoms with Gasteiger partial charge in [0.25, 0.3) is 0 Å². The molecule has 0 unspecified atom stereocenters. The molecule has 0 fully saturated rings. The van der Waals surface area contributed by atoms with Crippen LogP contribution in [-0.4, -0.2) is 28.7 Å². The summed E-state index contributed by atoms with van der Waals surface area (Å²) in [5, 5.41) is 12.1. The zero-order valence-corrected chi connectivity index (χ0v) is 16.2. The third-order valence-electron chi connectivity index (χ3n) is 4.99. The predicted molar refractivity (Wildman–Crippen MR) is 115 cm³/mol. The molecule has 1 atom stereocenters. The summed E-state index contributed by atoms with van der Waals surface area (Å²) in [6.07, 6.45) is 0.783. The maximum absolute atomic E-state index is 12.7. The number of ketones is 1. The average molecular weight is 399 g/mol. The largest absolute Gasteiger partial charge is 0.508 e. The lowest BCUT2D eigenvalue weighted by Crippen LogP contribution is -2.44. The number of nitrogens with one attached hydrogen (secondary N) is 1. The van der Waals surface area contributed by atoms with Crippen LogP contribution in [0, 0.1) is 0 Å². The van der Waals surface area contributed by atoms with Crippen LogP contribution >= 0.6 is 0 Å². The molecule has 1 aliphatic rings. The minimum absolute atomic E-state index is 0.0493. The summed E-state index contributed by atoms with van der Waals surface area (Å²) in [6, 6.07) is 20.3. The van der Waals surface area contributed by atoms with Gasteiger partial charge in [-0.3, -0.25) is 9.59 Å². The molecule has 0 aromatic heterocycles. The number of carbonyl (C=O) groups is 2. The number of hydrogen-bond acceptors (Lipinski definition) is 5. The van der Waals surface area contributed by atoms with Gasteiger partial charge in [0.1, 0.15) is 11.6 Å². The third-order valence-corrected chi connectivity index (χ3v) is 4.99. The van der Waals surface area contributed by atoms with E-state index in [1.807, 2.05) is 24.3 Å². The van der Waals surface area contributed by atoms with E-state index in [0.29, 0.717) is 29.8 Å². The molecule has 6 heteroatoms. The van der Waals surface area contributed by atoms with E-state index in [-0.39, 0.29) is 17.4 Å². The van der Waals surface area contributed by atoms with Gasteiger partial charge in [-0.25, -0.2) is 4.99 Å². The molecule has 0 saturated heterocycles. The molecule has 4 N–H and O–H groups in total. The Bertz CT molecular complexity index is 1120. The molecule has 6 nitrogen and oxygen atoms in total. The van der Waals surface area contributed by atoms with E-state index in [2.05, 4.69) is 10.3 Å². The highest BCUT2D eigenvalue weighted by Gasteiger charge is 2.21. The number of benzene rings is 3. The van der Waals surface area contributed by atoms with Gasteiger partial charge in [-0.2, -0.15) is 0 Å². The van der Waals surface area contributed by atoms with Crippen LogP contribution in [0.3, 0.4) is 0 Å². The van der Waals surface area contributed by atoms with Crippen LogP contribution in [0.25, 0.3) is 0 Å². The second-order valence-corrected chi connectivity index (χ2v) is 7.24. The molecular weight excluding hydrogens is 378 g/mol. The maximum Gasteiger partial charge on any atom is 0.242 e. The molecule has 30 heavy (non-hydrogen) atoms. The number of aromatic hydroxyl groups is 1. The summed E-state index contributed by atoms with van der Waals surface area (Å²) in [5.41, 5.74) is 9.73. The van der Waals surface area contributed by atoms with Crippen molar-refractivity contribution in [3.05, 3.63) is 95.1 Å². The van der Waals surface area contributed by atoms with E-state index < -0.39 is 6.04 Å². The Morgan fingerprint density at radius 1 is 1.00 bits per heavy atom. The van der Waals surface area contributed by atoms with Crippen molar-refractivity contribution in [1.29, 1.82) is 0 Å². The van der Waals surface area contributed by atoms with Gasteiger partial charge < -0.3 is 16.2 Å². The highest BCUT2D eigenvalue weighted by Crippen LogP contribution is 2.28. The van der Waals surface area contributed by atoms with Crippen molar-refractivity contribution in [3.8, 4) is 5.75 Å². The Morgan fingerprint density at radius 2 is 1.73 bits per heavy atom. The summed E-state index contributed by atoms with van der Waals surface area (Å²) >= 11 is 0. The highest BCUT2D eigenvalue weighted by atomic mass is 16.3. The molecule has 1 aliphatic heterocycles. The molecule has 0 saturated carbocycles.